The summed E-state index contributed by atoms with van der Waals surface area (Å²) in [6.45, 7) is 8.16. The van der Waals surface area contributed by atoms with Gasteiger partial charge in [0.25, 0.3) is 0 Å². The Morgan fingerprint density at radius 2 is 1.02 bits per heavy atom. The Hall–Kier alpha value is -3.48. The molecule has 2 atom stereocenters. The van der Waals surface area contributed by atoms with E-state index in [1.807, 2.05) is 11.8 Å². The molecule has 2 aliphatic heterocycles. The lowest BCUT2D eigenvalue weighted by molar-refractivity contribution is 0.584. The molecule has 4 heterocycles. The number of nitrogens with one attached hydrogen (secondary N) is 4. The highest BCUT2D eigenvalue weighted by Crippen LogP contribution is 2.43. The van der Waals surface area contributed by atoms with Gasteiger partial charge in [-0.25, -0.2) is 0 Å². The molecule has 212 valence electrons. The summed E-state index contributed by atoms with van der Waals surface area (Å²) in [5.41, 5.74) is 13.5. The SMILES string of the molecule is Cc1ccccc1C1CNCc2c1[nH]c1c(Sc3cccc4c5c([nH]c34)C(c3ccccc3C)CNC5)cccc21.Cl. The second-order valence-corrected chi connectivity index (χ2v) is 12.7. The topological polar surface area (TPSA) is 55.6 Å². The second-order valence-electron chi connectivity index (χ2n) is 11.6. The number of para-hydroxylation sites is 2. The molecular formula is C36H35ClN4S. The first-order valence-corrected chi connectivity index (χ1v) is 15.5. The van der Waals surface area contributed by atoms with Gasteiger partial charge < -0.3 is 20.6 Å². The number of rotatable bonds is 4. The molecule has 0 bridgehead atoms. The molecule has 6 aromatic rings. The minimum absolute atomic E-state index is 0. The summed E-state index contributed by atoms with van der Waals surface area (Å²) in [7, 11) is 0. The van der Waals surface area contributed by atoms with Gasteiger partial charge in [-0.1, -0.05) is 84.6 Å². The Bertz CT molecular complexity index is 1800. The fourth-order valence-electron chi connectivity index (χ4n) is 7.17. The van der Waals surface area contributed by atoms with E-state index in [1.165, 1.54) is 76.4 Å². The van der Waals surface area contributed by atoms with Crippen LogP contribution in [0.3, 0.4) is 0 Å². The Morgan fingerprint density at radius 3 is 1.48 bits per heavy atom. The zero-order chi connectivity index (χ0) is 27.5. The lowest BCUT2D eigenvalue weighted by atomic mass is 9.87. The van der Waals surface area contributed by atoms with Crippen molar-refractivity contribution >= 4 is 46.0 Å². The van der Waals surface area contributed by atoms with Gasteiger partial charge in [-0.15, -0.1) is 12.4 Å². The van der Waals surface area contributed by atoms with Gasteiger partial charge in [-0.2, -0.15) is 0 Å². The van der Waals surface area contributed by atoms with Gasteiger partial charge in [-0.05, 0) is 59.4 Å². The summed E-state index contributed by atoms with van der Waals surface area (Å²) in [6.07, 6.45) is 0. The summed E-state index contributed by atoms with van der Waals surface area (Å²) >= 11 is 1.87. The van der Waals surface area contributed by atoms with Crippen LogP contribution in [0.15, 0.2) is 94.7 Å². The first kappa shape index (κ1) is 27.4. The smallest absolute Gasteiger partial charge is 0.0601 e. The van der Waals surface area contributed by atoms with Crippen molar-refractivity contribution in [3.8, 4) is 0 Å². The fraction of sp³-hybridized carbons (Fsp3) is 0.222. The van der Waals surface area contributed by atoms with E-state index in [1.54, 1.807) is 0 Å². The third kappa shape index (κ3) is 4.38. The maximum Gasteiger partial charge on any atom is 0.0601 e. The Balaban J connectivity index is 0.00000288. The number of fused-ring (bicyclic) bond motifs is 6. The lowest BCUT2D eigenvalue weighted by Gasteiger charge is -2.25. The number of hydrogen-bond donors (Lipinski definition) is 4. The molecule has 0 saturated heterocycles. The van der Waals surface area contributed by atoms with Gasteiger partial charge in [0.05, 0.1) is 11.0 Å². The molecule has 42 heavy (non-hydrogen) atoms. The van der Waals surface area contributed by atoms with E-state index in [2.05, 4.69) is 119 Å². The molecule has 0 aliphatic carbocycles. The lowest BCUT2D eigenvalue weighted by Crippen LogP contribution is -2.28. The fourth-order valence-corrected chi connectivity index (χ4v) is 8.23. The predicted octanol–water partition coefficient (Wildman–Crippen LogP) is 8.31. The predicted molar refractivity (Wildman–Crippen MR) is 177 cm³/mol. The maximum absolute atomic E-state index is 3.93. The average Bonchev–Trinajstić information content (AvgIpc) is 3.58. The monoisotopic (exact) mass is 590 g/mol. The first-order chi connectivity index (χ1) is 20.2. The Morgan fingerprint density at radius 1 is 0.571 bits per heavy atom. The van der Waals surface area contributed by atoms with Crippen molar-refractivity contribution in [1.29, 1.82) is 0 Å². The minimum Gasteiger partial charge on any atom is -0.357 e. The molecule has 8 rings (SSSR count). The number of aromatic nitrogens is 2. The molecule has 4 nitrogen and oxygen atoms in total. The molecule has 0 fully saturated rings. The molecule has 0 spiro atoms. The normalized spacial score (nSPS) is 18.0. The summed E-state index contributed by atoms with van der Waals surface area (Å²) in [4.78, 5) is 10.4. The van der Waals surface area contributed by atoms with Gasteiger partial charge in [0.2, 0.25) is 0 Å². The molecule has 0 saturated carbocycles. The van der Waals surface area contributed by atoms with Crippen LogP contribution in [0.2, 0.25) is 0 Å². The van der Waals surface area contributed by atoms with Gasteiger partial charge >= 0.3 is 0 Å². The van der Waals surface area contributed by atoms with Crippen molar-refractivity contribution in [2.24, 2.45) is 0 Å². The molecule has 6 heteroatoms. The van der Waals surface area contributed by atoms with E-state index in [0.29, 0.717) is 11.8 Å². The molecular weight excluding hydrogens is 556 g/mol. The third-order valence-corrected chi connectivity index (χ3v) is 10.3. The quantitative estimate of drug-likeness (QED) is 0.167. The van der Waals surface area contributed by atoms with Crippen molar-refractivity contribution in [2.45, 2.75) is 48.6 Å². The van der Waals surface area contributed by atoms with E-state index in [-0.39, 0.29) is 12.4 Å². The van der Waals surface area contributed by atoms with Crippen LogP contribution in [-0.2, 0) is 13.1 Å². The van der Waals surface area contributed by atoms with Crippen LogP contribution in [0.4, 0.5) is 0 Å². The zero-order valence-electron chi connectivity index (χ0n) is 23.9. The first-order valence-electron chi connectivity index (χ1n) is 14.6. The second kappa shape index (κ2) is 11.0. The molecule has 2 unspecified atom stereocenters. The molecule has 4 N–H and O–H groups in total. The number of aromatic amines is 2. The van der Waals surface area contributed by atoms with E-state index >= 15 is 0 Å². The van der Waals surface area contributed by atoms with Crippen molar-refractivity contribution in [3.63, 3.8) is 0 Å². The molecule has 4 aromatic carbocycles. The van der Waals surface area contributed by atoms with Crippen LogP contribution in [-0.4, -0.2) is 23.1 Å². The zero-order valence-corrected chi connectivity index (χ0v) is 25.5. The highest BCUT2D eigenvalue weighted by molar-refractivity contribution is 7.99. The van der Waals surface area contributed by atoms with Crippen molar-refractivity contribution in [1.82, 2.24) is 20.6 Å². The van der Waals surface area contributed by atoms with Crippen LogP contribution in [0.5, 0.6) is 0 Å². The summed E-state index contributed by atoms with van der Waals surface area (Å²) < 4.78 is 0. The highest BCUT2D eigenvalue weighted by atomic mass is 35.5. The van der Waals surface area contributed by atoms with Crippen LogP contribution in [0.1, 0.15) is 56.6 Å². The number of H-pyrrole nitrogens is 2. The van der Waals surface area contributed by atoms with Crippen molar-refractivity contribution < 1.29 is 0 Å². The maximum atomic E-state index is 3.93. The van der Waals surface area contributed by atoms with Gasteiger partial charge in [0.15, 0.2) is 0 Å². The van der Waals surface area contributed by atoms with Gasteiger partial charge in [-0.3, -0.25) is 0 Å². The number of benzene rings is 4. The van der Waals surface area contributed by atoms with Gasteiger partial charge in [0.1, 0.15) is 0 Å². The molecule has 2 aliphatic rings. The van der Waals surface area contributed by atoms with Crippen LogP contribution >= 0.6 is 24.2 Å². The summed E-state index contributed by atoms with van der Waals surface area (Å²) in [5, 5.41) is 10.1. The van der Waals surface area contributed by atoms with Crippen molar-refractivity contribution in [2.75, 3.05) is 13.1 Å². The number of halogens is 1. The molecule has 0 radical (unpaired) electrons. The van der Waals surface area contributed by atoms with E-state index in [4.69, 9.17) is 0 Å². The van der Waals surface area contributed by atoms with Crippen LogP contribution < -0.4 is 10.6 Å². The largest absolute Gasteiger partial charge is 0.357 e. The highest BCUT2D eigenvalue weighted by Gasteiger charge is 2.29. The van der Waals surface area contributed by atoms with Gasteiger partial charge in [0, 0.05) is 70.0 Å². The minimum atomic E-state index is 0. The third-order valence-electron chi connectivity index (χ3n) is 9.22. The Labute approximate surface area is 257 Å². The molecule has 2 aromatic heterocycles. The van der Waals surface area contributed by atoms with Crippen molar-refractivity contribution in [3.05, 3.63) is 130 Å². The summed E-state index contributed by atoms with van der Waals surface area (Å²) in [5.74, 6) is 0.657. The summed E-state index contributed by atoms with van der Waals surface area (Å²) in [6, 6.07) is 31.1. The van der Waals surface area contributed by atoms with Crippen LogP contribution in [0, 0.1) is 13.8 Å². The number of hydrogen-bond acceptors (Lipinski definition) is 3. The standard InChI is InChI=1S/C36H34N4S.ClH/c1-21-9-3-5-11-23(21)27-17-37-19-29-25-13-7-15-31(35(25)39-33(27)29)41-32-16-8-14-26-30-20-38-18-28(34(30)40-36(26)32)24-12-6-4-10-22(24)2;/h3-16,27-28,37-40H,17-20H2,1-2H3;1H. The van der Waals surface area contributed by atoms with E-state index in [9.17, 15) is 0 Å². The number of aryl methyl sites for hydroxylation is 2. The molecule has 0 amide bonds. The average molecular weight is 591 g/mol. The van der Waals surface area contributed by atoms with Crippen LogP contribution in [0.25, 0.3) is 21.8 Å². The van der Waals surface area contributed by atoms with E-state index < -0.39 is 0 Å². The van der Waals surface area contributed by atoms with E-state index in [0.717, 1.165) is 26.2 Å². The Kier molecular flexibility index (Phi) is 7.15.